The number of ether oxygens (including phenoxy) is 1. The number of hydrogen-bond acceptors (Lipinski definition) is 3. The maximum absolute atomic E-state index is 11.9. The van der Waals surface area contributed by atoms with E-state index >= 15 is 0 Å². The average Bonchev–Trinajstić information content (AvgIpc) is 2.34. The lowest BCUT2D eigenvalue weighted by Crippen LogP contribution is -2.49. The summed E-state index contributed by atoms with van der Waals surface area (Å²) >= 11 is 0. The molecule has 2 N–H and O–H groups in total. The molecule has 0 spiro atoms. The van der Waals surface area contributed by atoms with Crippen LogP contribution >= 0.6 is 0 Å². The Kier molecular flexibility index (Phi) is 5.88. The lowest BCUT2D eigenvalue weighted by Gasteiger charge is -2.42. The SMILES string of the molecule is COCCC1(CNC(=O)N(C)C(C)CO)CCC1. The van der Waals surface area contributed by atoms with Crippen molar-refractivity contribution in [2.75, 3.05) is 33.9 Å². The zero-order chi connectivity index (χ0) is 13.6. The quantitative estimate of drug-likeness (QED) is 0.721. The van der Waals surface area contributed by atoms with Crippen LogP contribution in [0.2, 0.25) is 0 Å². The van der Waals surface area contributed by atoms with E-state index in [1.807, 2.05) is 6.92 Å². The minimum Gasteiger partial charge on any atom is -0.394 e. The Hall–Kier alpha value is -0.810. The first-order chi connectivity index (χ1) is 8.54. The Morgan fingerprint density at radius 2 is 2.22 bits per heavy atom. The molecule has 1 saturated carbocycles. The molecule has 2 amide bonds. The van der Waals surface area contributed by atoms with Gasteiger partial charge in [0, 0.05) is 27.3 Å². The van der Waals surface area contributed by atoms with E-state index in [1.54, 1.807) is 19.1 Å². The van der Waals surface area contributed by atoms with E-state index in [9.17, 15) is 4.79 Å². The molecule has 18 heavy (non-hydrogen) atoms. The van der Waals surface area contributed by atoms with Gasteiger partial charge in [0.2, 0.25) is 0 Å². The predicted octanol–water partition coefficient (Wildman–Crippen LogP) is 1.22. The molecule has 0 saturated heterocycles. The first kappa shape index (κ1) is 15.2. The van der Waals surface area contributed by atoms with Crippen LogP contribution in [-0.4, -0.2) is 56.0 Å². The molecule has 5 nitrogen and oxygen atoms in total. The highest BCUT2D eigenvalue weighted by Gasteiger charge is 2.37. The Morgan fingerprint density at radius 3 is 2.67 bits per heavy atom. The summed E-state index contributed by atoms with van der Waals surface area (Å²) in [5.74, 6) is 0. The molecule has 1 fully saturated rings. The molecule has 1 unspecified atom stereocenters. The van der Waals surface area contributed by atoms with Gasteiger partial charge in [0.05, 0.1) is 12.6 Å². The van der Waals surface area contributed by atoms with E-state index in [-0.39, 0.29) is 24.1 Å². The number of amides is 2. The number of nitrogens with zero attached hydrogens (tertiary/aromatic N) is 1. The molecule has 1 atom stereocenters. The van der Waals surface area contributed by atoms with E-state index in [0.29, 0.717) is 6.54 Å². The van der Waals surface area contributed by atoms with Gasteiger partial charge in [-0.1, -0.05) is 6.42 Å². The number of aliphatic hydroxyl groups is 1. The summed E-state index contributed by atoms with van der Waals surface area (Å²) in [6.45, 7) is 3.26. The van der Waals surface area contributed by atoms with Gasteiger partial charge in [-0.25, -0.2) is 4.79 Å². The summed E-state index contributed by atoms with van der Waals surface area (Å²) in [6, 6.07) is -0.262. The predicted molar refractivity (Wildman–Crippen MR) is 70.5 cm³/mol. The van der Waals surface area contributed by atoms with Crippen molar-refractivity contribution in [1.29, 1.82) is 0 Å². The number of urea groups is 1. The van der Waals surface area contributed by atoms with E-state index in [1.165, 1.54) is 6.42 Å². The minimum atomic E-state index is -0.152. The lowest BCUT2D eigenvalue weighted by molar-refractivity contribution is 0.0685. The largest absolute Gasteiger partial charge is 0.394 e. The van der Waals surface area contributed by atoms with E-state index in [0.717, 1.165) is 25.9 Å². The van der Waals surface area contributed by atoms with Crippen LogP contribution in [0.3, 0.4) is 0 Å². The molecule has 1 aliphatic rings. The van der Waals surface area contributed by atoms with Crippen molar-refractivity contribution >= 4 is 6.03 Å². The second-order valence-electron chi connectivity index (χ2n) is 5.40. The topological polar surface area (TPSA) is 61.8 Å². The Morgan fingerprint density at radius 1 is 1.56 bits per heavy atom. The van der Waals surface area contributed by atoms with Crippen molar-refractivity contribution < 1.29 is 14.6 Å². The number of carbonyl (C=O) groups excluding carboxylic acids is 1. The molecule has 0 radical (unpaired) electrons. The summed E-state index contributed by atoms with van der Waals surface area (Å²) in [4.78, 5) is 13.4. The van der Waals surface area contributed by atoms with Gasteiger partial charge >= 0.3 is 6.03 Å². The zero-order valence-corrected chi connectivity index (χ0v) is 11.7. The molecule has 0 aromatic rings. The van der Waals surface area contributed by atoms with E-state index in [2.05, 4.69) is 5.32 Å². The third-order valence-electron chi connectivity index (χ3n) is 4.11. The van der Waals surface area contributed by atoms with Gasteiger partial charge in [0.1, 0.15) is 0 Å². The second kappa shape index (κ2) is 6.95. The molecule has 5 heteroatoms. The first-order valence-electron chi connectivity index (χ1n) is 6.65. The molecule has 106 valence electrons. The lowest BCUT2D eigenvalue weighted by atomic mass is 9.67. The fourth-order valence-corrected chi connectivity index (χ4v) is 2.22. The van der Waals surface area contributed by atoms with Crippen molar-refractivity contribution in [3.8, 4) is 0 Å². The van der Waals surface area contributed by atoms with Gasteiger partial charge in [-0.3, -0.25) is 0 Å². The number of hydrogen-bond donors (Lipinski definition) is 2. The molecular weight excluding hydrogens is 232 g/mol. The van der Waals surface area contributed by atoms with Crippen molar-refractivity contribution in [2.24, 2.45) is 5.41 Å². The van der Waals surface area contributed by atoms with Crippen LogP contribution < -0.4 is 5.32 Å². The fourth-order valence-electron chi connectivity index (χ4n) is 2.22. The molecule has 0 aliphatic heterocycles. The maximum Gasteiger partial charge on any atom is 0.317 e. The highest BCUT2D eigenvalue weighted by Crippen LogP contribution is 2.43. The number of likely N-dealkylation sites (N-methyl/N-ethyl adjacent to an activating group) is 1. The molecule has 0 aromatic carbocycles. The smallest absolute Gasteiger partial charge is 0.317 e. The third kappa shape index (κ3) is 3.85. The molecule has 1 rings (SSSR count). The first-order valence-corrected chi connectivity index (χ1v) is 6.65. The summed E-state index contributed by atoms with van der Waals surface area (Å²) < 4.78 is 5.13. The number of rotatable bonds is 7. The number of carbonyl (C=O) groups is 1. The van der Waals surface area contributed by atoms with Gasteiger partial charge in [-0.2, -0.15) is 0 Å². The zero-order valence-electron chi connectivity index (χ0n) is 11.7. The van der Waals surface area contributed by atoms with Gasteiger partial charge in [0.25, 0.3) is 0 Å². The standard InChI is InChI=1S/C13H26N2O3/c1-11(9-16)15(2)12(17)14-10-13(5-4-6-13)7-8-18-3/h11,16H,4-10H2,1-3H3,(H,14,17). The van der Waals surface area contributed by atoms with Gasteiger partial charge in [0.15, 0.2) is 0 Å². The Bertz CT molecular complexity index is 267. The van der Waals surface area contributed by atoms with Crippen LogP contribution in [0.1, 0.15) is 32.6 Å². The van der Waals surface area contributed by atoms with Crippen LogP contribution in [0.15, 0.2) is 0 Å². The summed E-state index contributed by atoms with van der Waals surface area (Å²) in [5.41, 5.74) is 0.231. The summed E-state index contributed by atoms with van der Waals surface area (Å²) in [7, 11) is 3.42. The van der Waals surface area contributed by atoms with E-state index < -0.39 is 0 Å². The van der Waals surface area contributed by atoms with E-state index in [4.69, 9.17) is 9.84 Å². The number of nitrogens with one attached hydrogen (secondary N) is 1. The van der Waals surface area contributed by atoms with Crippen LogP contribution in [0.25, 0.3) is 0 Å². The highest BCUT2D eigenvalue weighted by molar-refractivity contribution is 5.74. The van der Waals surface area contributed by atoms with Crippen molar-refractivity contribution in [3.63, 3.8) is 0 Å². The number of aliphatic hydroxyl groups excluding tert-OH is 1. The summed E-state index contributed by atoms with van der Waals surface area (Å²) in [6.07, 6.45) is 4.57. The van der Waals surface area contributed by atoms with Crippen molar-refractivity contribution in [1.82, 2.24) is 10.2 Å². The number of methoxy groups -OCH3 is 1. The Labute approximate surface area is 109 Å². The molecule has 1 aliphatic carbocycles. The van der Waals surface area contributed by atoms with Crippen LogP contribution in [0.5, 0.6) is 0 Å². The second-order valence-corrected chi connectivity index (χ2v) is 5.40. The fraction of sp³-hybridized carbons (Fsp3) is 0.923. The van der Waals surface area contributed by atoms with Gasteiger partial charge < -0.3 is 20.1 Å². The van der Waals surface area contributed by atoms with Crippen LogP contribution in [0.4, 0.5) is 4.79 Å². The summed E-state index contributed by atoms with van der Waals surface area (Å²) in [5, 5.41) is 12.0. The molecular formula is C13H26N2O3. The molecule has 0 bridgehead atoms. The Balaban J connectivity index is 2.36. The van der Waals surface area contributed by atoms with Crippen LogP contribution in [-0.2, 0) is 4.74 Å². The normalized spacial score (nSPS) is 18.9. The van der Waals surface area contributed by atoms with Crippen molar-refractivity contribution in [3.05, 3.63) is 0 Å². The monoisotopic (exact) mass is 258 g/mol. The van der Waals surface area contributed by atoms with Crippen molar-refractivity contribution in [2.45, 2.75) is 38.6 Å². The average molecular weight is 258 g/mol. The maximum atomic E-state index is 11.9. The minimum absolute atomic E-state index is 0.0151. The van der Waals surface area contributed by atoms with Gasteiger partial charge in [-0.15, -0.1) is 0 Å². The highest BCUT2D eigenvalue weighted by atomic mass is 16.5. The third-order valence-corrected chi connectivity index (χ3v) is 4.11. The molecule has 0 aromatic heterocycles. The van der Waals surface area contributed by atoms with Crippen LogP contribution in [0, 0.1) is 5.41 Å². The van der Waals surface area contributed by atoms with Gasteiger partial charge in [-0.05, 0) is 31.6 Å². The molecule has 0 heterocycles.